The molecule has 1 N–H and O–H groups in total. The number of hydrogen-bond acceptors (Lipinski definition) is 3. The first-order chi connectivity index (χ1) is 7.84. The molecular formula is C10H14BrClN2O2S. The van der Waals surface area contributed by atoms with Gasteiger partial charge < -0.3 is 0 Å². The second kappa shape index (κ2) is 6.02. The number of aromatic nitrogens is 1. The van der Waals surface area contributed by atoms with Gasteiger partial charge in [0, 0.05) is 16.5 Å². The molecule has 1 aromatic rings. The maximum atomic E-state index is 11.8. The summed E-state index contributed by atoms with van der Waals surface area (Å²) < 4.78 is 26.8. The predicted molar refractivity (Wildman–Crippen MR) is 74.0 cm³/mol. The zero-order valence-electron chi connectivity index (χ0n) is 9.57. The third kappa shape index (κ3) is 4.81. The molecule has 0 bridgehead atoms. The van der Waals surface area contributed by atoms with E-state index in [2.05, 4.69) is 25.6 Å². The van der Waals surface area contributed by atoms with Crippen LogP contribution in [0.25, 0.3) is 0 Å². The second-order valence-corrected chi connectivity index (χ2v) is 6.95. The number of sulfonamides is 1. The Morgan fingerprint density at radius 2 is 2.24 bits per heavy atom. The van der Waals surface area contributed by atoms with Crippen molar-refractivity contribution in [1.82, 2.24) is 4.98 Å². The molecule has 0 saturated heterocycles. The van der Waals surface area contributed by atoms with Gasteiger partial charge in [0.15, 0.2) is 0 Å². The Bertz CT molecular complexity index is 493. The molecule has 0 spiro atoms. The molecule has 0 saturated carbocycles. The van der Waals surface area contributed by atoms with Crippen molar-refractivity contribution in [2.75, 3.05) is 16.4 Å². The lowest BCUT2D eigenvalue weighted by molar-refractivity contribution is 0.588. The molecule has 0 aromatic carbocycles. The lowest BCUT2D eigenvalue weighted by Gasteiger charge is -2.12. The standard InChI is InChI=1S/C10H14BrClN2O2S/c1-7(4-12)6-17(15,16)14-10-8(2)3-9(11)5-13-10/h3,5,7H,4,6H2,1-2H3,(H,13,14). The Morgan fingerprint density at radius 1 is 1.59 bits per heavy atom. The van der Waals surface area contributed by atoms with E-state index >= 15 is 0 Å². The molecule has 1 heterocycles. The van der Waals surface area contributed by atoms with Gasteiger partial charge in [0.1, 0.15) is 5.82 Å². The van der Waals surface area contributed by atoms with E-state index in [1.165, 1.54) is 0 Å². The molecule has 0 amide bonds. The molecule has 0 aliphatic heterocycles. The molecule has 1 unspecified atom stereocenters. The van der Waals surface area contributed by atoms with Crippen LogP contribution in [0.1, 0.15) is 12.5 Å². The third-order valence-electron chi connectivity index (χ3n) is 2.06. The molecule has 1 atom stereocenters. The van der Waals surface area contributed by atoms with Crippen molar-refractivity contribution >= 4 is 43.4 Å². The van der Waals surface area contributed by atoms with Gasteiger partial charge in [-0.25, -0.2) is 13.4 Å². The summed E-state index contributed by atoms with van der Waals surface area (Å²) in [5.41, 5.74) is 0.765. The summed E-state index contributed by atoms with van der Waals surface area (Å²) in [6, 6.07) is 1.80. The monoisotopic (exact) mass is 340 g/mol. The number of nitrogens with zero attached hydrogens (tertiary/aromatic N) is 1. The first-order valence-corrected chi connectivity index (χ1v) is 8.00. The Morgan fingerprint density at radius 3 is 2.76 bits per heavy atom. The van der Waals surface area contributed by atoms with E-state index in [-0.39, 0.29) is 11.7 Å². The van der Waals surface area contributed by atoms with Gasteiger partial charge in [-0.1, -0.05) is 6.92 Å². The molecule has 0 fully saturated rings. The van der Waals surface area contributed by atoms with E-state index in [0.29, 0.717) is 11.7 Å². The van der Waals surface area contributed by atoms with E-state index in [9.17, 15) is 8.42 Å². The van der Waals surface area contributed by atoms with Gasteiger partial charge in [-0.15, -0.1) is 11.6 Å². The molecule has 17 heavy (non-hydrogen) atoms. The number of halogens is 2. The summed E-state index contributed by atoms with van der Waals surface area (Å²) in [4.78, 5) is 4.03. The Balaban J connectivity index is 2.83. The van der Waals surface area contributed by atoms with Crippen molar-refractivity contribution in [2.45, 2.75) is 13.8 Å². The average molecular weight is 342 g/mol. The van der Waals surface area contributed by atoms with Crippen LogP contribution in [-0.2, 0) is 10.0 Å². The van der Waals surface area contributed by atoms with E-state index < -0.39 is 10.0 Å². The average Bonchev–Trinajstić information content (AvgIpc) is 2.21. The maximum absolute atomic E-state index is 11.8. The van der Waals surface area contributed by atoms with Crippen LogP contribution in [0.5, 0.6) is 0 Å². The van der Waals surface area contributed by atoms with Crippen LogP contribution in [0.2, 0.25) is 0 Å². The van der Waals surface area contributed by atoms with Crippen LogP contribution in [0, 0.1) is 12.8 Å². The van der Waals surface area contributed by atoms with Crippen molar-refractivity contribution < 1.29 is 8.42 Å². The Labute approximate surface area is 115 Å². The first kappa shape index (κ1) is 14.7. The zero-order chi connectivity index (χ0) is 13.1. The largest absolute Gasteiger partial charge is 0.267 e. The summed E-state index contributed by atoms with van der Waals surface area (Å²) >= 11 is 8.87. The van der Waals surface area contributed by atoms with Gasteiger partial charge >= 0.3 is 0 Å². The highest BCUT2D eigenvalue weighted by molar-refractivity contribution is 9.10. The van der Waals surface area contributed by atoms with Crippen LogP contribution in [0.15, 0.2) is 16.7 Å². The van der Waals surface area contributed by atoms with Crippen LogP contribution in [-0.4, -0.2) is 25.0 Å². The molecule has 96 valence electrons. The van der Waals surface area contributed by atoms with Gasteiger partial charge in [-0.3, -0.25) is 4.72 Å². The van der Waals surface area contributed by atoms with E-state index in [4.69, 9.17) is 11.6 Å². The number of pyridine rings is 1. The summed E-state index contributed by atoms with van der Waals surface area (Å²) in [6.07, 6.45) is 1.55. The quantitative estimate of drug-likeness (QED) is 0.838. The van der Waals surface area contributed by atoms with Gasteiger partial charge in [0.05, 0.1) is 5.75 Å². The third-order valence-corrected chi connectivity index (χ3v) is 4.54. The Hall–Kier alpha value is -0.330. The van der Waals surface area contributed by atoms with Crippen molar-refractivity contribution in [3.8, 4) is 0 Å². The summed E-state index contributed by atoms with van der Waals surface area (Å²) in [6.45, 7) is 3.58. The van der Waals surface area contributed by atoms with Crippen molar-refractivity contribution in [2.24, 2.45) is 5.92 Å². The summed E-state index contributed by atoms with van der Waals surface area (Å²) in [5.74, 6) is 0.571. The minimum absolute atomic E-state index is 0.00627. The number of rotatable bonds is 5. The van der Waals surface area contributed by atoms with Crippen LogP contribution in [0.3, 0.4) is 0 Å². The second-order valence-electron chi connectivity index (χ2n) is 3.96. The molecule has 0 aliphatic rings. The molecule has 7 heteroatoms. The van der Waals surface area contributed by atoms with Crippen LogP contribution in [0.4, 0.5) is 5.82 Å². The molecule has 4 nitrogen and oxygen atoms in total. The first-order valence-electron chi connectivity index (χ1n) is 5.02. The number of anilines is 1. The normalized spacial score (nSPS) is 13.4. The number of aryl methyl sites for hydroxylation is 1. The number of hydrogen-bond donors (Lipinski definition) is 1. The highest BCUT2D eigenvalue weighted by atomic mass is 79.9. The van der Waals surface area contributed by atoms with E-state index in [1.54, 1.807) is 26.1 Å². The highest BCUT2D eigenvalue weighted by Crippen LogP contribution is 2.18. The molecular weight excluding hydrogens is 328 g/mol. The maximum Gasteiger partial charge on any atom is 0.234 e. The minimum Gasteiger partial charge on any atom is -0.267 e. The van der Waals surface area contributed by atoms with Crippen LogP contribution >= 0.6 is 27.5 Å². The lowest BCUT2D eigenvalue weighted by atomic mass is 10.3. The van der Waals surface area contributed by atoms with Crippen molar-refractivity contribution in [1.29, 1.82) is 0 Å². The molecule has 1 rings (SSSR count). The molecule has 1 aromatic heterocycles. The van der Waals surface area contributed by atoms with E-state index in [0.717, 1.165) is 10.0 Å². The molecule has 0 radical (unpaired) electrons. The fourth-order valence-corrected chi connectivity index (χ4v) is 3.40. The smallest absolute Gasteiger partial charge is 0.234 e. The van der Waals surface area contributed by atoms with Gasteiger partial charge in [-0.2, -0.15) is 0 Å². The van der Waals surface area contributed by atoms with Crippen molar-refractivity contribution in [3.63, 3.8) is 0 Å². The summed E-state index contributed by atoms with van der Waals surface area (Å²) in [5, 5.41) is 0. The topological polar surface area (TPSA) is 59.1 Å². The Kier molecular flexibility index (Phi) is 5.22. The lowest BCUT2D eigenvalue weighted by Crippen LogP contribution is -2.23. The zero-order valence-corrected chi connectivity index (χ0v) is 12.7. The fraction of sp³-hybridized carbons (Fsp3) is 0.500. The predicted octanol–water partition coefficient (Wildman–Crippen LogP) is 2.77. The van der Waals surface area contributed by atoms with E-state index in [1.807, 2.05) is 0 Å². The fourth-order valence-electron chi connectivity index (χ4n) is 1.26. The van der Waals surface area contributed by atoms with Crippen LogP contribution < -0.4 is 4.72 Å². The summed E-state index contributed by atoms with van der Waals surface area (Å²) in [7, 11) is -3.39. The number of nitrogens with one attached hydrogen (secondary N) is 1. The number of alkyl halides is 1. The molecule has 0 aliphatic carbocycles. The SMILES string of the molecule is Cc1cc(Br)cnc1NS(=O)(=O)CC(C)CCl. The van der Waals surface area contributed by atoms with Gasteiger partial charge in [-0.05, 0) is 40.4 Å². The van der Waals surface area contributed by atoms with Gasteiger partial charge in [0.2, 0.25) is 10.0 Å². The highest BCUT2D eigenvalue weighted by Gasteiger charge is 2.16. The van der Waals surface area contributed by atoms with Gasteiger partial charge in [0.25, 0.3) is 0 Å². The minimum atomic E-state index is -3.39. The van der Waals surface area contributed by atoms with Crippen molar-refractivity contribution in [3.05, 3.63) is 22.3 Å².